The van der Waals surface area contributed by atoms with Crippen LogP contribution in [0.15, 0.2) is 71.1 Å². The van der Waals surface area contributed by atoms with Crippen LogP contribution in [-0.2, 0) is 16.0 Å². The lowest BCUT2D eigenvalue weighted by Crippen LogP contribution is -2.22. The molecule has 3 aromatic rings. The fourth-order valence-corrected chi connectivity index (χ4v) is 3.84. The van der Waals surface area contributed by atoms with E-state index in [1.54, 1.807) is 6.20 Å². The zero-order chi connectivity index (χ0) is 19.1. The van der Waals surface area contributed by atoms with Crippen molar-refractivity contribution < 1.29 is 9.59 Å². The third kappa shape index (κ3) is 5.94. The van der Waals surface area contributed by atoms with Crippen molar-refractivity contribution in [2.75, 3.05) is 10.6 Å². The van der Waals surface area contributed by atoms with Crippen LogP contribution < -0.4 is 10.6 Å². The maximum absolute atomic E-state index is 12.2. The number of hydrogen-bond donors (Lipinski definition) is 2. The molecule has 2 N–H and O–H groups in total. The van der Waals surface area contributed by atoms with Crippen molar-refractivity contribution >= 4 is 45.7 Å². The van der Waals surface area contributed by atoms with Crippen LogP contribution in [-0.4, -0.2) is 22.0 Å². The number of anilines is 2. The Labute approximate surface area is 166 Å². The normalized spacial score (nSPS) is 11.6. The van der Waals surface area contributed by atoms with Crippen molar-refractivity contribution in [2.45, 2.75) is 23.5 Å². The Balaban J connectivity index is 1.56. The van der Waals surface area contributed by atoms with Crippen LogP contribution in [0.4, 0.5) is 10.8 Å². The fraction of sp³-hybridized carbons (Fsp3) is 0.150. The van der Waals surface area contributed by atoms with Crippen molar-refractivity contribution in [3.63, 3.8) is 0 Å². The minimum atomic E-state index is -0.288. The van der Waals surface area contributed by atoms with Gasteiger partial charge in [-0.25, -0.2) is 4.98 Å². The van der Waals surface area contributed by atoms with Gasteiger partial charge in [0.2, 0.25) is 11.8 Å². The summed E-state index contributed by atoms with van der Waals surface area (Å²) in [4.78, 5) is 29.4. The zero-order valence-corrected chi connectivity index (χ0v) is 16.3. The summed E-state index contributed by atoms with van der Waals surface area (Å²) in [5, 5.41) is 7.82. The lowest BCUT2D eigenvalue weighted by atomic mass is 10.1. The molecule has 3 rings (SSSR count). The molecule has 0 radical (unpaired) electrons. The predicted molar refractivity (Wildman–Crippen MR) is 111 cm³/mol. The zero-order valence-electron chi connectivity index (χ0n) is 14.7. The first kappa shape index (κ1) is 19.1. The van der Waals surface area contributed by atoms with Gasteiger partial charge in [-0.3, -0.25) is 9.59 Å². The Morgan fingerprint density at radius 1 is 1.11 bits per heavy atom. The Morgan fingerprint density at radius 2 is 1.93 bits per heavy atom. The summed E-state index contributed by atoms with van der Waals surface area (Å²) in [6, 6.07) is 17.1. The molecule has 0 aliphatic heterocycles. The van der Waals surface area contributed by atoms with Gasteiger partial charge in [-0.15, -0.1) is 23.1 Å². The smallest absolute Gasteiger partial charge is 0.239 e. The molecular formula is C20H19N3O2S2. The van der Waals surface area contributed by atoms with Gasteiger partial charge in [0.05, 0.1) is 11.7 Å². The van der Waals surface area contributed by atoms with E-state index in [1.165, 1.54) is 23.1 Å². The van der Waals surface area contributed by atoms with Crippen LogP contribution in [0.5, 0.6) is 0 Å². The van der Waals surface area contributed by atoms with E-state index < -0.39 is 0 Å². The third-order valence-corrected chi connectivity index (χ3v) is 5.45. The fourth-order valence-electron chi connectivity index (χ4n) is 2.38. The number of carbonyl (C=O) groups excluding carboxylic acids is 2. The van der Waals surface area contributed by atoms with Gasteiger partial charge < -0.3 is 10.6 Å². The van der Waals surface area contributed by atoms with E-state index in [0.29, 0.717) is 17.2 Å². The SMILES string of the molecule is CC(Sc1cccc(NC(=O)Cc2ccccc2)c1)C(=O)Nc1nccs1. The molecule has 138 valence electrons. The first-order valence-electron chi connectivity index (χ1n) is 8.41. The van der Waals surface area contributed by atoms with Gasteiger partial charge in [0.1, 0.15) is 0 Å². The molecule has 7 heteroatoms. The minimum absolute atomic E-state index is 0.0714. The monoisotopic (exact) mass is 397 g/mol. The number of hydrogen-bond acceptors (Lipinski definition) is 5. The quantitative estimate of drug-likeness (QED) is 0.578. The topological polar surface area (TPSA) is 71.1 Å². The van der Waals surface area contributed by atoms with Gasteiger partial charge >= 0.3 is 0 Å². The summed E-state index contributed by atoms with van der Waals surface area (Å²) in [6.07, 6.45) is 1.98. The number of thiazole rings is 1. The molecule has 0 saturated carbocycles. The van der Waals surface area contributed by atoms with Crippen molar-refractivity contribution in [1.82, 2.24) is 4.98 Å². The number of thioether (sulfide) groups is 1. The number of nitrogens with zero attached hydrogens (tertiary/aromatic N) is 1. The van der Waals surface area contributed by atoms with Gasteiger partial charge in [-0.2, -0.15) is 0 Å². The number of benzene rings is 2. The highest BCUT2D eigenvalue weighted by molar-refractivity contribution is 8.00. The summed E-state index contributed by atoms with van der Waals surface area (Å²) >= 11 is 2.82. The van der Waals surface area contributed by atoms with Gasteiger partial charge in [0.15, 0.2) is 5.13 Å². The third-order valence-electron chi connectivity index (χ3n) is 3.67. The summed E-state index contributed by atoms with van der Waals surface area (Å²) in [5.41, 5.74) is 1.68. The molecule has 27 heavy (non-hydrogen) atoms. The lowest BCUT2D eigenvalue weighted by Gasteiger charge is -2.12. The van der Waals surface area contributed by atoms with Crippen LogP contribution in [0, 0.1) is 0 Å². The molecular weight excluding hydrogens is 378 g/mol. The van der Waals surface area contributed by atoms with Gasteiger partial charge in [0, 0.05) is 22.2 Å². The summed E-state index contributed by atoms with van der Waals surface area (Å²) < 4.78 is 0. The molecule has 0 bridgehead atoms. The molecule has 1 aromatic heterocycles. The first-order valence-corrected chi connectivity index (χ1v) is 10.2. The molecule has 0 saturated heterocycles. The molecule has 1 unspecified atom stereocenters. The summed E-state index contributed by atoms with van der Waals surface area (Å²) in [6.45, 7) is 1.84. The largest absolute Gasteiger partial charge is 0.326 e. The predicted octanol–water partition coefficient (Wildman–Crippen LogP) is 4.44. The Morgan fingerprint density at radius 3 is 2.67 bits per heavy atom. The maximum Gasteiger partial charge on any atom is 0.239 e. The summed E-state index contributed by atoms with van der Waals surface area (Å²) in [5.74, 6) is -0.175. The molecule has 0 spiro atoms. The molecule has 1 atom stereocenters. The highest BCUT2D eigenvalue weighted by atomic mass is 32.2. The van der Waals surface area contributed by atoms with E-state index in [2.05, 4.69) is 15.6 Å². The van der Waals surface area contributed by atoms with Gasteiger partial charge in [-0.1, -0.05) is 36.4 Å². The van der Waals surface area contributed by atoms with E-state index >= 15 is 0 Å². The van der Waals surface area contributed by atoms with Crippen molar-refractivity contribution in [3.05, 3.63) is 71.7 Å². The number of nitrogens with one attached hydrogen (secondary N) is 2. The van der Waals surface area contributed by atoms with Crippen LogP contribution in [0.3, 0.4) is 0 Å². The molecule has 5 nitrogen and oxygen atoms in total. The average molecular weight is 398 g/mol. The van der Waals surface area contributed by atoms with E-state index in [4.69, 9.17) is 0 Å². The van der Waals surface area contributed by atoms with Crippen molar-refractivity contribution in [2.24, 2.45) is 0 Å². The lowest BCUT2D eigenvalue weighted by molar-refractivity contribution is -0.116. The Kier molecular flexibility index (Phi) is 6.62. The van der Waals surface area contributed by atoms with Crippen LogP contribution in [0.2, 0.25) is 0 Å². The van der Waals surface area contributed by atoms with Crippen molar-refractivity contribution in [3.8, 4) is 0 Å². The minimum Gasteiger partial charge on any atom is -0.326 e. The molecule has 1 heterocycles. The van der Waals surface area contributed by atoms with Crippen LogP contribution in [0.25, 0.3) is 0 Å². The van der Waals surface area contributed by atoms with Gasteiger partial charge in [0.25, 0.3) is 0 Å². The second-order valence-electron chi connectivity index (χ2n) is 5.82. The number of aromatic nitrogens is 1. The Bertz CT molecular complexity index is 899. The highest BCUT2D eigenvalue weighted by Gasteiger charge is 2.16. The number of carbonyl (C=O) groups is 2. The van der Waals surface area contributed by atoms with E-state index in [9.17, 15) is 9.59 Å². The van der Waals surface area contributed by atoms with E-state index in [0.717, 1.165) is 10.5 Å². The van der Waals surface area contributed by atoms with E-state index in [-0.39, 0.29) is 17.1 Å². The standard InChI is InChI=1S/C20H19N3O2S2/c1-14(19(25)23-20-21-10-11-26-20)27-17-9-5-8-16(13-17)22-18(24)12-15-6-3-2-4-7-15/h2-11,13-14H,12H2,1H3,(H,22,24)(H,21,23,25). The van der Waals surface area contributed by atoms with Gasteiger partial charge in [-0.05, 0) is 30.7 Å². The second kappa shape index (κ2) is 9.34. The molecule has 2 amide bonds. The van der Waals surface area contributed by atoms with Crippen LogP contribution >= 0.6 is 23.1 Å². The summed E-state index contributed by atoms with van der Waals surface area (Å²) in [7, 11) is 0. The average Bonchev–Trinajstić information content (AvgIpc) is 3.15. The second-order valence-corrected chi connectivity index (χ2v) is 8.13. The number of rotatable bonds is 7. The Hall–Kier alpha value is -2.64. The molecule has 0 fully saturated rings. The highest BCUT2D eigenvalue weighted by Crippen LogP contribution is 2.27. The molecule has 0 aliphatic rings. The number of amides is 2. The molecule has 0 aliphatic carbocycles. The van der Waals surface area contributed by atoms with Crippen molar-refractivity contribution in [1.29, 1.82) is 0 Å². The maximum atomic E-state index is 12.2. The van der Waals surface area contributed by atoms with Crippen LogP contribution in [0.1, 0.15) is 12.5 Å². The van der Waals surface area contributed by atoms with E-state index in [1.807, 2.05) is 66.9 Å². The molecule has 2 aromatic carbocycles. The first-order chi connectivity index (χ1) is 13.1.